The fourth-order valence-electron chi connectivity index (χ4n) is 1.03. The normalized spacial score (nSPS) is 11.4. The van der Waals surface area contributed by atoms with Crippen LogP contribution in [0.2, 0.25) is 0 Å². The number of aromatic nitrogens is 2. The summed E-state index contributed by atoms with van der Waals surface area (Å²) in [7, 11) is -2.53. The largest absolute Gasteiger partial charge is 0.462 e. The van der Waals surface area contributed by atoms with E-state index in [2.05, 4.69) is 9.84 Å². The molecule has 0 bridgehead atoms. The number of nitrogens with zero attached hydrogens (tertiary/aromatic N) is 2. The summed E-state index contributed by atoms with van der Waals surface area (Å²) in [5.41, 5.74) is -0.151. The van der Waals surface area contributed by atoms with Crippen LogP contribution in [-0.4, -0.2) is 30.8 Å². The number of esters is 1. The molecule has 0 fully saturated rings. The summed E-state index contributed by atoms with van der Waals surface area (Å²) in [5, 5.41) is 8.01. The number of carbonyl (C=O) groups is 1. The molecule has 0 atom stereocenters. The van der Waals surface area contributed by atoms with Gasteiger partial charge in [0.1, 0.15) is 5.56 Å². The first-order chi connectivity index (χ1) is 6.86. The highest BCUT2D eigenvalue weighted by Crippen LogP contribution is 2.12. The standard InChI is InChI=1S/C7H11N3O4S/c1-3-14-7(11)5-4-10(2)9-6(5)15(8,12)13/h4H,3H2,1-2H3,(H2,8,12,13). The van der Waals surface area contributed by atoms with Crippen molar-refractivity contribution in [2.24, 2.45) is 12.2 Å². The first kappa shape index (κ1) is 11.7. The average molecular weight is 233 g/mol. The Morgan fingerprint density at radius 1 is 1.67 bits per heavy atom. The molecule has 0 unspecified atom stereocenters. The van der Waals surface area contributed by atoms with Crippen molar-refractivity contribution >= 4 is 16.0 Å². The lowest BCUT2D eigenvalue weighted by Crippen LogP contribution is -2.17. The van der Waals surface area contributed by atoms with Crippen molar-refractivity contribution in [3.63, 3.8) is 0 Å². The Labute approximate surface area is 86.9 Å². The summed E-state index contributed by atoms with van der Waals surface area (Å²) >= 11 is 0. The number of sulfonamides is 1. The molecule has 0 amide bonds. The summed E-state index contributed by atoms with van der Waals surface area (Å²) in [4.78, 5) is 11.3. The topological polar surface area (TPSA) is 104 Å². The van der Waals surface area contributed by atoms with E-state index in [1.165, 1.54) is 17.9 Å². The van der Waals surface area contributed by atoms with Crippen LogP contribution in [-0.2, 0) is 21.8 Å². The molecule has 0 aliphatic rings. The molecule has 0 aliphatic heterocycles. The molecule has 2 N–H and O–H groups in total. The average Bonchev–Trinajstić information content (AvgIpc) is 2.47. The second kappa shape index (κ2) is 3.99. The molecule has 1 rings (SSSR count). The Kier molecular flexibility index (Phi) is 3.10. The van der Waals surface area contributed by atoms with E-state index in [0.717, 1.165) is 0 Å². The predicted octanol–water partition coefficient (Wildman–Crippen LogP) is -0.756. The Morgan fingerprint density at radius 3 is 2.73 bits per heavy atom. The van der Waals surface area contributed by atoms with Gasteiger partial charge in [-0.25, -0.2) is 18.4 Å². The van der Waals surface area contributed by atoms with Crippen LogP contribution < -0.4 is 5.14 Å². The number of nitrogens with two attached hydrogens (primary N) is 1. The zero-order chi connectivity index (χ0) is 11.6. The first-order valence-electron chi connectivity index (χ1n) is 4.09. The molecular weight excluding hydrogens is 222 g/mol. The maximum absolute atomic E-state index is 11.3. The van der Waals surface area contributed by atoms with Gasteiger partial charge in [-0.1, -0.05) is 0 Å². The quantitative estimate of drug-likeness (QED) is 0.691. The van der Waals surface area contributed by atoms with Gasteiger partial charge >= 0.3 is 5.97 Å². The van der Waals surface area contributed by atoms with Crippen molar-refractivity contribution in [3.05, 3.63) is 11.8 Å². The molecule has 1 aromatic heterocycles. The monoisotopic (exact) mass is 233 g/mol. The molecular formula is C7H11N3O4S. The van der Waals surface area contributed by atoms with Crippen LogP contribution in [0.25, 0.3) is 0 Å². The van der Waals surface area contributed by atoms with Crippen LogP contribution in [0.3, 0.4) is 0 Å². The van der Waals surface area contributed by atoms with Gasteiger partial charge in [0.05, 0.1) is 6.61 Å². The summed E-state index contributed by atoms with van der Waals surface area (Å²) < 4.78 is 28.0. The van der Waals surface area contributed by atoms with E-state index in [1.807, 2.05) is 0 Å². The molecule has 1 aromatic rings. The van der Waals surface area contributed by atoms with Gasteiger partial charge < -0.3 is 4.74 Å². The second-order valence-electron chi connectivity index (χ2n) is 2.79. The first-order valence-corrected chi connectivity index (χ1v) is 5.64. The Hall–Kier alpha value is -1.41. The van der Waals surface area contributed by atoms with Crippen LogP contribution in [0.15, 0.2) is 11.2 Å². The number of hydrogen-bond acceptors (Lipinski definition) is 5. The van der Waals surface area contributed by atoms with E-state index < -0.39 is 21.0 Å². The van der Waals surface area contributed by atoms with Gasteiger partial charge in [-0.05, 0) is 6.92 Å². The smallest absolute Gasteiger partial charge is 0.342 e. The molecule has 8 heteroatoms. The number of ether oxygens (including phenoxy) is 1. The second-order valence-corrected chi connectivity index (χ2v) is 4.26. The Balaban J connectivity index is 3.24. The van der Waals surface area contributed by atoms with Crippen LogP contribution in [0.1, 0.15) is 17.3 Å². The third-order valence-electron chi connectivity index (χ3n) is 1.56. The van der Waals surface area contributed by atoms with Crippen molar-refractivity contribution in [2.45, 2.75) is 11.9 Å². The van der Waals surface area contributed by atoms with Gasteiger partial charge in [0.15, 0.2) is 0 Å². The van der Waals surface area contributed by atoms with Crippen molar-refractivity contribution in [2.75, 3.05) is 6.61 Å². The van der Waals surface area contributed by atoms with Crippen LogP contribution in [0.4, 0.5) is 0 Å². The van der Waals surface area contributed by atoms with Crippen molar-refractivity contribution in [1.29, 1.82) is 0 Å². The molecule has 0 spiro atoms. The highest BCUT2D eigenvalue weighted by molar-refractivity contribution is 7.89. The van der Waals surface area contributed by atoms with E-state index in [0.29, 0.717) is 0 Å². The number of rotatable bonds is 3. The molecule has 15 heavy (non-hydrogen) atoms. The minimum Gasteiger partial charge on any atom is -0.462 e. The van der Waals surface area contributed by atoms with Gasteiger partial charge in [0.2, 0.25) is 5.03 Å². The Bertz CT molecular complexity index is 476. The number of primary sulfonamides is 1. The third-order valence-corrected chi connectivity index (χ3v) is 2.40. The fourth-order valence-corrected chi connectivity index (χ4v) is 1.71. The summed E-state index contributed by atoms with van der Waals surface area (Å²) in [6.07, 6.45) is 1.25. The van der Waals surface area contributed by atoms with E-state index in [-0.39, 0.29) is 12.2 Å². The number of hydrogen-bond donors (Lipinski definition) is 1. The van der Waals surface area contributed by atoms with Gasteiger partial charge in [-0.2, -0.15) is 5.10 Å². The van der Waals surface area contributed by atoms with E-state index >= 15 is 0 Å². The zero-order valence-corrected chi connectivity index (χ0v) is 9.11. The summed E-state index contributed by atoms with van der Waals surface area (Å²) in [5.74, 6) is -0.755. The predicted molar refractivity (Wildman–Crippen MR) is 50.5 cm³/mol. The van der Waals surface area contributed by atoms with Crippen LogP contribution in [0.5, 0.6) is 0 Å². The van der Waals surface area contributed by atoms with Gasteiger partial charge in [0.25, 0.3) is 10.0 Å². The van der Waals surface area contributed by atoms with Gasteiger partial charge in [0, 0.05) is 13.2 Å². The van der Waals surface area contributed by atoms with Crippen molar-refractivity contribution in [1.82, 2.24) is 9.78 Å². The molecule has 0 radical (unpaired) electrons. The highest BCUT2D eigenvalue weighted by atomic mass is 32.2. The van der Waals surface area contributed by atoms with E-state index in [1.54, 1.807) is 6.92 Å². The molecule has 0 saturated heterocycles. The number of aryl methyl sites for hydroxylation is 1. The van der Waals surface area contributed by atoms with Gasteiger partial charge in [-0.3, -0.25) is 4.68 Å². The molecule has 84 valence electrons. The SMILES string of the molecule is CCOC(=O)c1cn(C)nc1S(N)(=O)=O. The van der Waals surface area contributed by atoms with Crippen molar-refractivity contribution < 1.29 is 17.9 Å². The van der Waals surface area contributed by atoms with E-state index in [9.17, 15) is 13.2 Å². The maximum Gasteiger partial charge on any atom is 0.342 e. The number of carbonyl (C=O) groups excluding carboxylic acids is 1. The molecule has 0 aliphatic carbocycles. The molecule has 0 saturated carbocycles. The summed E-state index contributed by atoms with van der Waals surface area (Å²) in [6.45, 7) is 1.77. The zero-order valence-electron chi connectivity index (χ0n) is 8.30. The lowest BCUT2D eigenvalue weighted by Gasteiger charge is -1.99. The Morgan fingerprint density at radius 2 is 2.27 bits per heavy atom. The fraction of sp³-hybridized carbons (Fsp3) is 0.429. The maximum atomic E-state index is 11.3. The highest BCUT2D eigenvalue weighted by Gasteiger charge is 2.24. The van der Waals surface area contributed by atoms with Crippen LogP contribution in [0, 0.1) is 0 Å². The molecule has 0 aromatic carbocycles. The minimum absolute atomic E-state index is 0.151. The third kappa shape index (κ3) is 2.54. The van der Waals surface area contributed by atoms with Crippen molar-refractivity contribution in [3.8, 4) is 0 Å². The minimum atomic E-state index is -4.01. The lowest BCUT2D eigenvalue weighted by atomic mass is 10.4. The van der Waals surface area contributed by atoms with Crippen LogP contribution >= 0.6 is 0 Å². The van der Waals surface area contributed by atoms with E-state index in [4.69, 9.17) is 5.14 Å². The summed E-state index contributed by atoms with van der Waals surface area (Å²) in [6, 6.07) is 0. The lowest BCUT2D eigenvalue weighted by molar-refractivity contribution is 0.0521. The van der Waals surface area contributed by atoms with Gasteiger partial charge in [-0.15, -0.1) is 0 Å². The molecule has 1 heterocycles. The molecule has 7 nitrogen and oxygen atoms in total.